The normalized spacial score (nSPS) is 10.4. The predicted molar refractivity (Wildman–Crippen MR) is 82.9 cm³/mol. The molecule has 1 heterocycles. The van der Waals surface area contributed by atoms with Gasteiger partial charge in [-0.15, -0.1) is 5.10 Å². The largest absolute Gasteiger partial charge is 0.309 e. The molecule has 110 valence electrons. The molecule has 0 fully saturated rings. The summed E-state index contributed by atoms with van der Waals surface area (Å²) in [5.74, 6) is -0.0522. The Kier molecular flexibility index (Phi) is 3.91. The molecular formula is C16H15N5O. The standard InChI is InChI=1S/C16H15N5O/c1-2-20(14-8-4-3-5-9-14)16(22)13-7-6-10-15(11-13)21-12-17-18-19-21/h3-12H,2H2,1H3. The summed E-state index contributed by atoms with van der Waals surface area (Å²) in [7, 11) is 0. The molecule has 0 N–H and O–H groups in total. The first-order chi connectivity index (χ1) is 10.8. The zero-order valence-electron chi connectivity index (χ0n) is 12.1. The lowest BCUT2D eigenvalue weighted by atomic mass is 10.1. The first kappa shape index (κ1) is 13.9. The summed E-state index contributed by atoms with van der Waals surface area (Å²) < 4.78 is 1.52. The first-order valence-electron chi connectivity index (χ1n) is 7.00. The van der Waals surface area contributed by atoms with Crippen LogP contribution >= 0.6 is 0 Å². The van der Waals surface area contributed by atoms with Gasteiger partial charge in [-0.05, 0) is 47.7 Å². The van der Waals surface area contributed by atoms with E-state index < -0.39 is 0 Å². The van der Waals surface area contributed by atoms with E-state index >= 15 is 0 Å². The molecule has 0 radical (unpaired) electrons. The summed E-state index contributed by atoms with van der Waals surface area (Å²) in [6.07, 6.45) is 1.50. The molecule has 3 aromatic rings. The maximum atomic E-state index is 12.8. The van der Waals surface area contributed by atoms with Crippen LogP contribution in [-0.2, 0) is 0 Å². The lowest BCUT2D eigenvalue weighted by Gasteiger charge is -2.21. The summed E-state index contributed by atoms with van der Waals surface area (Å²) in [5.41, 5.74) is 2.22. The molecule has 0 aliphatic rings. The smallest absolute Gasteiger partial charge is 0.258 e. The maximum absolute atomic E-state index is 12.8. The average Bonchev–Trinajstić information content (AvgIpc) is 3.11. The molecule has 0 saturated heterocycles. The van der Waals surface area contributed by atoms with Crippen LogP contribution in [-0.4, -0.2) is 32.7 Å². The number of para-hydroxylation sites is 1. The summed E-state index contributed by atoms with van der Waals surface area (Å²) in [6.45, 7) is 2.55. The third-order valence-corrected chi connectivity index (χ3v) is 3.34. The van der Waals surface area contributed by atoms with Gasteiger partial charge in [0.05, 0.1) is 5.69 Å². The van der Waals surface area contributed by atoms with Gasteiger partial charge in [0.25, 0.3) is 5.91 Å². The summed E-state index contributed by atoms with van der Waals surface area (Å²) >= 11 is 0. The van der Waals surface area contributed by atoms with Crippen LogP contribution in [0.15, 0.2) is 60.9 Å². The van der Waals surface area contributed by atoms with Gasteiger partial charge in [0.2, 0.25) is 0 Å². The molecule has 2 aromatic carbocycles. The second-order valence-electron chi connectivity index (χ2n) is 4.69. The minimum Gasteiger partial charge on any atom is -0.309 e. The van der Waals surface area contributed by atoms with Crippen molar-refractivity contribution in [2.24, 2.45) is 0 Å². The van der Waals surface area contributed by atoms with Crippen LogP contribution in [0, 0.1) is 0 Å². The van der Waals surface area contributed by atoms with Gasteiger partial charge in [0.15, 0.2) is 0 Å². The molecule has 0 saturated carbocycles. The van der Waals surface area contributed by atoms with Gasteiger partial charge in [-0.3, -0.25) is 4.79 Å². The molecule has 0 bridgehead atoms. The van der Waals surface area contributed by atoms with Crippen molar-refractivity contribution in [3.05, 3.63) is 66.5 Å². The maximum Gasteiger partial charge on any atom is 0.258 e. The van der Waals surface area contributed by atoms with Crippen LogP contribution in [0.25, 0.3) is 5.69 Å². The molecule has 0 unspecified atom stereocenters. The monoisotopic (exact) mass is 293 g/mol. The zero-order valence-corrected chi connectivity index (χ0v) is 12.1. The van der Waals surface area contributed by atoms with E-state index in [9.17, 15) is 4.79 Å². The van der Waals surface area contributed by atoms with Crippen LogP contribution < -0.4 is 4.90 Å². The number of hydrogen-bond acceptors (Lipinski definition) is 4. The Hall–Kier alpha value is -3.02. The van der Waals surface area contributed by atoms with Gasteiger partial charge in [0.1, 0.15) is 6.33 Å². The number of hydrogen-bond donors (Lipinski definition) is 0. The van der Waals surface area contributed by atoms with E-state index in [0.29, 0.717) is 12.1 Å². The lowest BCUT2D eigenvalue weighted by Crippen LogP contribution is -2.30. The molecule has 0 aliphatic carbocycles. The lowest BCUT2D eigenvalue weighted by molar-refractivity contribution is 0.0988. The number of benzene rings is 2. The molecule has 6 nitrogen and oxygen atoms in total. The molecular weight excluding hydrogens is 278 g/mol. The van der Waals surface area contributed by atoms with Crippen LogP contribution in [0.5, 0.6) is 0 Å². The van der Waals surface area contributed by atoms with Crippen LogP contribution in [0.4, 0.5) is 5.69 Å². The Morgan fingerprint density at radius 2 is 1.95 bits per heavy atom. The SMILES string of the molecule is CCN(C(=O)c1cccc(-n2cnnn2)c1)c1ccccc1. The van der Waals surface area contributed by atoms with E-state index in [4.69, 9.17) is 0 Å². The van der Waals surface area contributed by atoms with Crippen molar-refractivity contribution in [3.63, 3.8) is 0 Å². The second-order valence-corrected chi connectivity index (χ2v) is 4.69. The van der Waals surface area contributed by atoms with Crippen molar-refractivity contribution in [1.82, 2.24) is 20.2 Å². The number of aromatic nitrogens is 4. The van der Waals surface area contributed by atoms with Crippen LogP contribution in [0.2, 0.25) is 0 Å². The number of anilines is 1. The zero-order chi connectivity index (χ0) is 15.4. The molecule has 1 amide bonds. The summed E-state index contributed by atoms with van der Waals surface area (Å²) in [4.78, 5) is 14.5. The summed E-state index contributed by atoms with van der Waals surface area (Å²) in [5, 5.41) is 11.1. The Balaban J connectivity index is 1.93. The second kappa shape index (κ2) is 6.17. The van der Waals surface area contributed by atoms with Crippen molar-refractivity contribution in [1.29, 1.82) is 0 Å². The van der Waals surface area contributed by atoms with Gasteiger partial charge in [-0.2, -0.15) is 0 Å². The Morgan fingerprint density at radius 1 is 1.14 bits per heavy atom. The highest BCUT2D eigenvalue weighted by molar-refractivity contribution is 6.06. The Bertz CT molecular complexity index is 755. The van der Waals surface area contributed by atoms with Crippen molar-refractivity contribution in [2.45, 2.75) is 6.92 Å². The van der Waals surface area contributed by atoms with E-state index in [-0.39, 0.29) is 5.91 Å². The third-order valence-electron chi connectivity index (χ3n) is 3.34. The van der Waals surface area contributed by atoms with Gasteiger partial charge >= 0.3 is 0 Å². The number of tetrazole rings is 1. The van der Waals surface area contributed by atoms with Crippen molar-refractivity contribution < 1.29 is 4.79 Å². The van der Waals surface area contributed by atoms with Crippen LogP contribution in [0.3, 0.4) is 0 Å². The minimum atomic E-state index is -0.0522. The average molecular weight is 293 g/mol. The van der Waals surface area contributed by atoms with Crippen LogP contribution in [0.1, 0.15) is 17.3 Å². The van der Waals surface area contributed by atoms with Crippen molar-refractivity contribution in [3.8, 4) is 5.69 Å². The fourth-order valence-corrected chi connectivity index (χ4v) is 2.27. The topological polar surface area (TPSA) is 63.9 Å². The van der Waals surface area contributed by atoms with E-state index in [0.717, 1.165) is 11.4 Å². The fraction of sp³-hybridized carbons (Fsp3) is 0.125. The number of amides is 1. The van der Waals surface area contributed by atoms with E-state index in [1.165, 1.54) is 11.0 Å². The molecule has 1 aromatic heterocycles. The van der Waals surface area contributed by atoms with Gasteiger partial charge < -0.3 is 4.90 Å². The molecule has 0 aliphatic heterocycles. The summed E-state index contributed by atoms with van der Waals surface area (Å²) in [6, 6.07) is 16.9. The highest BCUT2D eigenvalue weighted by atomic mass is 16.2. The molecule has 6 heteroatoms. The van der Waals surface area contributed by atoms with E-state index in [1.54, 1.807) is 17.0 Å². The fourth-order valence-electron chi connectivity index (χ4n) is 2.27. The molecule has 3 rings (SSSR count). The number of nitrogens with zero attached hydrogens (tertiary/aromatic N) is 5. The minimum absolute atomic E-state index is 0.0522. The van der Waals surface area contributed by atoms with E-state index in [1.807, 2.05) is 49.4 Å². The quantitative estimate of drug-likeness (QED) is 0.740. The predicted octanol–water partition coefficient (Wildman–Crippen LogP) is 2.33. The highest BCUT2D eigenvalue weighted by Gasteiger charge is 2.16. The van der Waals surface area contributed by atoms with Crippen molar-refractivity contribution in [2.75, 3.05) is 11.4 Å². The molecule has 0 spiro atoms. The van der Waals surface area contributed by atoms with Gasteiger partial charge in [-0.1, -0.05) is 24.3 Å². The number of carbonyl (C=O) groups is 1. The van der Waals surface area contributed by atoms with Gasteiger partial charge in [0, 0.05) is 17.8 Å². The first-order valence-corrected chi connectivity index (χ1v) is 7.00. The van der Waals surface area contributed by atoms with Crippen molar-refractivity contribution >= 4 is 11.6 Å². The van der Waals surface area contributed by atoms with Gasteiger partial charge in [-0.25, -0.2) is 4.68 Å². The number of carbonyl (C=O) groups excluding carboxylic acids is 1. The Morgan fingerprint density at radius 3 is 2.64 bits per heavy atom. The highest BCUT2D eigenvalue weighted by Crippen LogP contribution is 2.18. The Labute approximate surface area is 128 Å². The molecule has 22 heavy (non-hydrogen) atoms. The third kappa shape index (κ3) is 2.71. The molecule has 0 atom stereocenters. The number of rotatable bonds is 4. The van der Waals surface area contributed by atoms with E-state index in [2.05, 4.69) is 15.5 Å².